The number of nitrogens with one attached hydrogen (secondary N) is 1. The zero-order valence-electron chi connectivity index (χ0n) is 14.0. The van der Waals surface area contributed by atoms with Crippen molar-refractivity contribution in [1.29, 1.82) is 0 Å². The van der Waals surface area contributed by atoms with E-state index in [1.165, 1.54) is 12.8 Å². The maximum absolute atomic E-state index is 12.3. The Balaban J connectivity index is 1.61. The van der Waals surface area contributed by atoms with Gasteiger partial charge < -0.3 is 15.3 Å². The van der Waals surface area contributed by atoms with Gasteiger partial charge in [-0.15, -0.1) is 0 Å². The van der Waals surface area contributed by atoms with E-state index in [1.807, 2.05) is 19.1 Å². The number of aryl methyl sites for hydroxylation is 1. The Hall–Kier alpha value is -1.62. The minimum atomic E-state index is -0.820. The first kappa shape index (κ1) is 16.2. The molecule has 23 heavy (non-hydrogen) atoms. The number of aliphatic hydroxyl groups is 1. The number of aromatic nitrogens is 1. The molecule has 0 aromatic carbocycles. The molecule has 0 spiro atoms. The van der Waals surface area contributed by atoms with E-state index in [4.69, 9.17) is 0 Å². The third-order valence-electron chi connectivity index (χ3n) is 5.05. The molecule has 1 saturated heterocycles. The quantitative estimate of drug-likeness (QED) is 0.896. The van der Waals surface area contributed by atoms with Gasteiger partial charge in [0.05, 0.1) is 23.4 Å². The van der Waals surface area contributed by atoms with Crippen LogP contribution in [0, 0.1) is 6.92 Å². The highest BCUT2D eigenvalue weighted by atomic mass is 16.3. The van der Waals surface area contributed by atoms with Crippen molar-refractivity contribution in [2.75, 3.05) is 23.3 Å². The molecule has 3 rings (SSSR count). The minimum absolute atomic E-state index is 0.117. The normalized spacial score (nSPS) is 20.5. The van der Waals surface area contributed by atoms with Crippen molar-refractivity contribution in [3.05, 3.63) is 17.8 Å². The van der Waals surface area contributed by atoms with Crippen LogP contribution in [0.5, 0.6) is 0 Å². The molecule has 2 N–H and O–H groups in total. The largest absolute Gasteiger partial charge is 0.389 e. The summed E-state index contributed by atoms with van der Waals surface area (Å²) < 4.78 is 0. The van der Waals surface area contributed by atoms with Crippen molar-refractivity contribution in [2.45, 2.75) is 63.9 Å². The van der Waals surface area contributed by atoms with Crippen LogP contribution in [0.3, 0.4) is 0 Å². The van der Waals surface area contributed by atoms with Gasteiger partial charge in [-0.3, -0.25) is 4.79 Å². The van der Waals surface area contributed by atoms with Crippen molar-refractivity contribution < 1.29 is 9.90 Å². The van der Waals surface area contributed by atoms with Crippen LogP contribution in [-0.2, 0) is 4.79 Å². The second-order valence-corrected chi connectivity index (χ2v) is 7.01. The average molecular weight is 317 g/mol. The van der Waals surface area contributed by atoms with Gasteiger partial charge in [-0.1, -0.05) is 19.3 Å². The summed E-state index contributed by atoms with van der Waals surface area (Å²) in [7, 11) is 0. The number of carbonyl (C=O) groups excluding carboxylic acids is 1. The number of pyridine rings is 1. The molecular formula is C18H27N3O2. The number of anilines is 2. The molecule has 5 heteroatoms. The highest BCUT2D eigenvalue weighted by Crippen LogP contribution is 2.31. The molecule has 0 radical (unpaired) electrons. The van der Waals surface area contributed by atoms with Gasteiger partial charge in [0.1, 0.15) is 5.82 Å². The molecular weight excluding hydrogens is 290 g/mol. The molecule has 126 valence electrons. The van der Waals surface area contributed by atoms with Crippen molar-refractivity contribution >= 4 is 17.4 Å². The lowest BCUT2D eigenvalue weighted by Crippen LogP contribution is -2.36. The lowest BCUT2D eigenvalue weighted by Gasteiger charge is -2.31. The van der Waals surface area contributed by atoms with Crippen LogP contribution < -0.4 is 10.2 Å². The first-order chi connectivity index (χ1) is 11.1. The molecule has 2 aliphatic rings. The number of hydrogen-bond donors (Lipinski definition) is 2. The van der Waals surface area contributed by atoms with Gasteiger partial charge in [-0.2, -0.15) is 0 Å². The van der Waals surface area contributed by atoms with Crippen LogP contribution in [0.2, 0.25) is 0 Å². The molecule has 1 saturated carbocycles. The van der Waals surface area contributed by atoms with Gasteiger partial charge in [0.25, 0.3) is 0 Å². The van der Waals surface area contributed by atoms with Crippen LogP contribution in [0.15, 0.2) is 12.1 Å². The molecule has 0 bridgehead atoms. The Morgan fingerprint density at radius 2 is 1.91 bits per heavy atom. The van der Waals surface area contributed by atoms with E-state index in [-0.39, 0.29) is 12.3 Å². The van der Waals surface area contributed by atoms with E-state index in [2.05, 4.69) is 15.2 Å². The lowest BCUT2D eigenvalue weighted by molar-refractivity contribution is -0.122. The summed E-state index contributed by atoms with van der Waals surface area (Å²) in [5.41, 5.74) is 0.759. The maximum atomic E-state index is 12.3. The Morgan fingerprint density at radius 1 is 1.22 bits per heavy atom. The predicted molar refractivity (Wildman–Crippen MR) is 91.7 cm³/mol. The third kappa shape index (κ3) is 4.02. The fourth-order valence-electron chi connectivity index (χ4n) is 3.68. The molecule has 5 nitrogen and oxygen atoms in total. The van der Waals surface area contributed by atoms with E-state index in [0.717, 1.165) is 62.4 Å². The fourth-order valence-corrected chi connectivity index (χ4v) is 3.68. The zero-order chi connectivity index (χ0) is 16.3. The Labute approximate surface area is 138 Å². The molecule has 1 aromatic heterocycles. The van der Waals surface area contributed by atoms with Crippen molar-refractivity contribution in [2.24, 2.45) is 0 Å². The predicted octanol–water partition coefficient (Wildman–Crippen LogP) is 3.01. The van der Waals surface area contributed by atoms with Gasteiger partial charge in [-0.25, -0.2) is 4.98 Å². The molecule has 1 aliphatic heterocycles. The average Bonchev–Trinajstić information content (AvgIpc) is 3.04. The van der Waals surface area contributed by atoms with E-state index >= 15 is 0 Å². The highest BCUT2D eigenvalue weighted by molar-refractivity contribution is 5.92. The Kier molecular flexibility index (Phi) is 4.85. The lowest BCUT2D eigenvalue weighted by atomic mass is 9.82. The molecule has 1 amide bonds. The second kappa shape index (κ2) is 6.87. The van der Waals surface area contributed by atoms with Crippen LogP contribution >= 0.6 is 0 Å². The summed E-state index contributed by atoms with van der Waals surface area (Å²) in [5.74, 6) is 0.872. The molecule has 2 fully saturated rings. The summed E-state index contributed by atoms with van der Waals surface area (Å²) >= 11 is 0. The smallest absolute Gasteiger partial charge is 0.227 e. The highest BCUT2D eigenvalue weighted by Gasteiger charge is 2.31. The van der Waals surface area contributed by atoms with Crippen LogP contribution in [-0.4, -0.2) is 34.7 Å². The van der Waals surface area contributed by atoms with Crippen LogP contribution in [0.1, 0.15) is 57.1 Å². The molecule has 1 aliphatic carbocycles. The zero-order valence-corrected chi connectivity index (χ0v) is 14.0. The maximum Gasteiger partial charge on any atom is 0.227 e. The van der Waals surface area contributed by atoms with Gasteiger partial charge in [0.2, 0.25) is 5.91 Å². The van der Waals surface area contributed by atoms with Crippen LogP contribution in [0.25, 0.3) is 0 Å². The molecule has 1 aromatic rings. The minimum Gasteiger partial charge on any atom is -0.389 e. The second-order valence-electron chi connectivity index (χ2n) is 7.01. The SMILES string of the molecule is Cc1nc(N2CCCC2)ccc1NC(=O)CC1(O)CCCCC1. The first-order valence-electron chi connectivity index (χ1n) is 8.81. The fraction of sp³-hybridized carbons (Fsp3) is 0.667. The first-order valence-corrected chi connectivity index (χ1v) is 8.81. The summed E-state index contributed by atoms with van der Waals surface area (Å²) in [5, 5.41) is 13.4. The van der Waals surface area contributed by atoms with E-state index in [1.54, 1.807) is 0 Å². The summed E-state index contributed by atoms with van der Waals surface area (Å²) in [6.07, 6.45) is 7.25. The van der Waals surface area contributed by atoms with E-state index in [9.17, 15) is 9.90 Å². The Morgan fingerprint density at radius 3 is 2.57 bits per heavy atom. The third-order valence-corrected chi connectivity index (χ3v) is 5.05. The van der Waals surface area contributed by atoms with Crippen molar-refractivity contribution in [1.82, 2.24) is 4.98 Å². The van der Waals surface area contributed by atoms with Gasteiger partial charge >= 0.3 is 0 Å². The summed E-state index contributed by atoms with van der Waals surface area (Å²) in [6, 6.07) is 3.90. The standard InChI is InChI=1S/C18H27N3O2/c1-14-15(7-8-16(19-14)21-11-5-6-12-21)20-17(22)13-18(23)9-3-2-4-10-18/h7-8,23H,2-6,9-13H2,1H3,(H,20,22). The van der Waals surface area contributed by atoms with E-state index in [0.29, 0.717) is 0 Å². The number of carbonyl (C=O) groups is 1. The van der Waals surface area contributed by atoms with Crippen molar-refractivity contribution in [3.8, 4) is 0 Å². The summed E-state index contributed by atoms with van der Waals surface area (Å²) in [6.45, 7) is 4.04. The number of nitrogens with zero attached hydrogens (tertiary/aromatic N) is 2. The summed E-state index contributed by atoms with van der Waals surface area (Å²) in [4.78, 5) is 19.2. The molecule has 0 atom stereocenters. The van der Waals surface area contributed by atoms with E-state index < -0.39 is 5.60 Å². The monoisotopic (exact) mass is 317 g/mol. The Bertz CT molecular complexity index is 561. The number of hydrogen-bond acceptors (Lipinski definition) is 4. The van der Waals surface area contributed by atoms with Crippen LogP contribution in [0.4, 0.5) is 11.5 Å². The molecule has 2 heterocycles. The number of rotatable bonds is 4. The van der Waals surface area contributed by atoms with Crippen molar-refractivity contribution in [3.63, 3.8) is 0 Å². The van der Waals surface area contributed by atoms with Gasteiger partial charge in [-0.05, 0) is 44.7 Å². The van der Waals surface area contributed by atoms with Gasteiger partial charge in [0, 0.05) is 13.1 Å². The van der Waals surface area contributed by atoms with Gasteiger partial charge in [0.15, 0.2) is 0 Å². The number of amides is 1. The topological polar surface area (TPSA) is 65.5 Å². The molecule has 0 unspecified atom stereocenters.